The molecule has 0 saturated carbocycles. The molecule has 0 aromatic heterocycles. The molecule has 0 saturated heterocycles. The van der Waals surface area contributed by atoms with Crippen LogP contribution in [0.15, 0.2) is 24.3 Å². The zero-order chi connectivity index (χ0) is 14.3. The van der Waals surface area contributed by atoms with Gasteiger partial charge in [0, 0.05) is 19.3 Å². The highest BCUT2D eigenvalue weighted by Crippen LogP contribution is 2.11. The fraction of sp³-hybridized carbons (Fsp3) is 0.385. The van der Waals surface area contributed by atoms with Crippen LogP contribution in [0, 0.1) is 0 Å². The highest BCUT2D eigenvalue weighted by Gasteiger charge is 2.15. The molecule has 1 unspecified atom stereocenters. The minimum atomic E-state index is -0.690. The van der Waals surface area contributed by atoms with Gasteiger partial charge in [-0.3, -0.25) is 4.79 Å². The Morgan fingerprint density at radius 3 is 2.35 bits per heavy atom. The highest BCUT2D eigenvalue weighted by atomic mass is 35.5. The molecule has 0 fully saturated rings. The molecule has 3 N–H and O–H groups in total. The van der Waals surface area contributed by atoms with Crippen LogP contribution < -0.4 is 11.1 Å². The maximum absolute atomic E-state index is 11.7. The van der Waals surface area contributed by atoms with Gasteiger partial charge in [0.1, 0.15) is 6.10 Å². The Morgan fingerprint density at radius 2 is 1.90 bits per heavy atom. The second kappa shape index (κ2) is 9.30. The molecule has 1 aromatic carbocycles. The number of halogens is 1. The highest BCUT2D eigenvalue weighted by molar-refractivity contribution is 5.95. The maximum atomic E-state index is 11.7. The van der Waals surface area contributed by atoms with Crippen molar-refractivity contribution in [2.24, 2.45) is 5.73 Å². The summed E-state index contributed by atoms with van der Waals surface area (Å²) in [4.78, 5) is 23.1. The Hall–Kier alpha value is -1.63. The molecule has 7 heteroatoms. The van der Waals surface area contributed by atoms with Gasteiger partial charge >= 0.3 is 5.97 Å². The number of esters is 1. The molecule has 0 aliphatic carbocycles. The first-order valence-corrected chi connectivity index (χ1v) is 5.93. The van der Waals surface area contributed by atoms with E-state index in [1.807, 2.05) is 0 Å². The third-order valence-corrected chi connectivity index (χ3v) is 2.45. The molecule has 0 radical (unpaired) electrons. The summed E-state index contributed by atoms with van der Waals surface area (Å²) in [6.07, 6.45) is -0.690. The molecule has 6 nitrogen and oxygen atoms in total. The summed E-state index contributed by atoms with van der Waals surface area (Å²) in [6.45, 7) is 2.16. The lowest BCUT2D eigenvalue weighted by atomic mass is 10.2. The molecule has 1 aromatic rings. The van der Waals surface area contributed by atoms with Crippen LogP contribution in [0.4, 0.5) is 5.69 Å². The molecule has 0 aliphatic heterocycles. The number of hydrogen-bond donors (Lipinski definition) is 2. The van der Waals surface area contributed by atoms with Crippen LogP contribution in [0.2, 0.25) is 0 Å². The molecule has 1 atom stereocenters. The van der Waals surface area contributed by atoms with Gasteiger partial charge in [0.25, 0.3) is 5.91 Å². The number of methoxy groups -OCH3 is 1. The van der Waals surface area contributed by atoms with E-state index in [-0.39, 0.29) is 24.9 Å². The van der Waals surface area contributed by atoms with Gasteiger partial charge < -0.3 is 20.5 Å². The Morgan fingerprint density at radius 1 is 1.30 bits per heavy atom. The minimum absolute atomic E-state index is 0. The van der Waals surface area contributed by atoms with Gasteiger partial charge in [-0.2, -0.15) is 0 Å². The molecule has 0 heterocycles. The number of nitrogens with one attached hydrogen (secondary N) is 1. The first kappa shape index (κ1) is 18.4. The van der Waals surface area contributed by atoms with Crippen LogP contribution in [0.25, 0.3) is 0 Å². The lowest BCUT2D eigenvalue weighted by Crippen LogP contribution is -2.35. The summed E-state index contributed by atoms with van der Waals surface area (Å²) in [5, 5.41) is 2.65. The quantitative estimate of drug-likeness (QED) is 0.771. The Balaban J connectivity index is 0.00000361. The lowest BCUT2D eigenvalue weighted by Gasteiger charge is -2.13. The second-order valence-electron chi connectivity index (χ2n) is 3.75. The minimum Gasteiger partial charge on any atom is -0.462 e. The van der Waals surface area contributed by atoms with Gasteiger partial charge in [-0.05, 0) is 31.2 Å². The second-order valence-corrected chi connectivity index (χ2v) is 3.75. The monoisotopic (exact) mass is 302 g/mol. The number of benzene rings is 1. The van der Waals surface area contributed by atoms with Crippen LogP contribution >= 0.6 is 12.4 Å². The summed E-state index contributed by atoms with van der Waals surface area (Å²) in [6, 6.07) is 6.40. The summed E-state index contributed by atoms with van der Waals surface area (Å²) in [7, 11) is 1.42. The summed E-state index contributed by atoms with van der Waals surface area (Å²) < 4.78 is 9.78. The van der Waals surface area contributed by atoms with Gasteiger partial charge in [-0.15, -0.1) is 12.4 Å². The van der Waals surface area contributed by atoms with Gasteiger partial charge in [0.2, 0.25) is 0 Å². The Labute approximate surface area is 124 Å². The van der Waals surface area contributed by atoms with E-state index < -0.39 is 12.1 Å². The van der Waals surface area contributed by atoms with Crippen molar-refractivity contribution in [1.82, 2.24) is 0 Å². The first-order chi connectivity index (χ1) is 9.12. The largest absolute Gasteiger partial charge is 0.462 e. The van der Waals surface area contributed by atoms with E-state index in [0.29, 0.717) is 17.9 Å². The Kier molecular flexibility index (Phi) is 8.54. The summed E-state index contributed by atoms with van der Waals surface area (Å²) in [5.74, 6) is -0.717. The van der Waals surface area contributed by atoms with E-state index in [2.05, 4.69) is 5.32 Å². The molecule has 20 heavy (non-hydrogen) atoms. The number of carbonyl (C=O) groups is 2. The lowest BCUT2D eigenvalue weighted by molar-refractivity contribution is -0.125. The number of anilines is 1. The number of nitrogens with two attached hydrogens (primary N) is 1. The van der Waals surface area contributed by atoms with Crippen LogP contribution in [-0.4, -0.2) is 38.2 Å². The van der Waals surface area contributed by atoms with E-state index in [9.17, 15) is 9.59 Å². The molecule has 0 aliphatic rings. The maximum Gasteiger partial charge on any atom is 0.338 e. The number of ether oxygens (including phenoxy) is 2. The van der Waals surface area contributed by atoms with Crippen molar-refractivity contribution in [3.8, 4) is 0 Å². The van der Waals surface area contributed by atoms with Crippen molar-refractivity contribution in [3.05, 3.63) is 29.8 Å². The van der Waals surface area contributed by atoms with Crippen LogP contribution in [-0.2, 0) is 14.3 Å². The predicted molar refractivity (Wildman–Crippen MR) is 78.1 cm³/mol. The van der Waals surface area contributed by atoms with Gasteiger partial charge in [-0.25, -0.2) is 4.79 Å². The van der Waals surface area contributed by atoms with Crippen molar-refractivity contribution in [1.29, 1.82) is 0 Å². The average molecular weight is 303 g/mol. The van der Waals surface area contributed by atoms with Gasteiger partial charge in [-0.1, -0.05) is 0 Å². The van der Waals surface area contributed by atoms with E-state index in [1.165, 1.54) is 7.11 Å². The average Bonchev–Trinajstić information content (AvgIpc) is 2.41. The number of amides is 1. The van der Waals surface area contributed by atoms with Crippen molar-refractivity contribution in [2.75, 3.05) is 25.6 Å². The van der Waals surface area contributed by atoms with Gasteiger partial charge in [0.05, 0.1) is 12.2 Å². The topological polar surface area (TPSA) is 90.7 Å². The predicted octanol–water partition coefficient (Wildman–Crippen LogP) is 1.20. The molecule has 1 amide bonds. The SMILES string of the molecule is CCOC(=O)c1ccc(NC(=O)C(CN)OC)cc1.Cl. The normalized spacial score (nSPS) is 11.2. The van der Waals surface area contributed by atoms with E-state index >= 15 is 0 Å². The van der Waals surface area contributed by atoms with Gasteiger partial charge in [0.15, 0.2) is 0 Å². The van der Waals surface area contributed by atoms with Crippen molar-refractivity contribution < 1.29 is 19.1 Å². The Bertz CT molecular complexity index is 433. The van der Waals surface area contributed by atoms with Crippen molar-refractivity contribution in [2.45, 2.75) is 13.0 Å². The summed E-state index contributed by atoms with van der Waals surface area (Å²) >= 11 is 0. The molecule has 112 valence electrons. The van der Waals surface area contributed by atoms with E-state index in [0.717, 1.165) is 0 Å². The first-order valence-electron chi connectivity index (χ1n) is 5.93. The third kappa shape index (κ3) is 5.16. The number of carbonyl (C=O) groups excluding carboxylic acids is 2. The fourth-order valence-corrected chi connectivity index (χ4v) is 1.44. The zero-order valence-electron chi connectivity index (χ0n) is 11.4. The smallest absolute Gasteiger partial charge is 0.338 e. The van der Waals surface area contributed by atoms with Crippen LogP contribution in [0.5, 0.6) is 0 Å². The zero-order valence-corrected chi connectivity index (χ0v) is 12.2. The third-order valence-electron chi connectivity index (χ3n) is 2.45. The molecular formula is C13H19ClN2O4. The van der Waals surface area contributed by atoms with E-state index in [1.54, 1.807) is 31.2 Å². The van der Waals surface area contributed by atoms with Crippen molar-refractivity contribution >= 4 is 30.0 Å². The number of rotatable bonds is 6. The molecular weight excluding hydrogens is 284 g/mol. The van der Waals surface area contributed by atoms with Crippen LogP contribution in [0.1, 0.15) is 17.3 Å². The standard InChI is InChI=1S/C13H18N2O4.ClH/c1-3-19-13(17)9-4-6-10(7-5-9)15-12(16)11(8-14)18-2;/h4-7,11H,3,8,14H2,1-2H3,(H,15,16);1H. The van der Waals surface area contributed by atoms with Crippen LogP contribution in [0.3, 0.4) is 0 Å². The molecule has 0 bridgehead atoms. The van der Waals surface area contributed by atoms with Crippen molar-refractivity contribution in [3.63, 3.8) is 0 Å². The fourth-order valence-electron chi connectivity index (χ4n) is 1.44. The van der Waals surface area contributed by atoms with E-state index in [4.69, 9.17) is 15.2 Å². The molecule has 1 rings (SSSR count). The number of hydrogen-bond acceptors (Lipinski definition) is 5. The summed E-state index contributed by atoms with van der Waals surface area (Å²) in [5.41, 5.74) is 6.38. The molecule has 0 spiro atoms.